The van der Waals surface area contributed by atoms with Gasteiger partial charge in [0.25, 0.3) is 5.91 Å². The van der Waals surface area contributed by atoms with Crippen LogP contribution in [-0.4, -0.2) is 40.3 Å². The highest BCUT2D eigenvalue weighted by Gasteiger charge is 2.42. The molecule has 20 heavy (non-hydrogen) atoms. The van der Waals surface area contributed by atoms with Gasteiger partial charge in [-0.25, -0.2) is 4.79 Å². The number of aromatic nitrogens is 1. The van der Waals surface area contributed by atoms with E-state index >= 15 is 0 Å². The Morgan fingerprint density at radius 1 is 1.40 bits per heavy atom. The number of nitrogens with zero attached hydrogens (tertiary/aromatic N) is 1. The lowest BCUT2D eigenvalue weighted by Gasteiger charge is -2.33. The fraction of sp³-hybridized carbons (Fsp3) is 0.500. The number of carboxylic acids is 1. The Labute approximate surface area is 125 Å². The minimum atomic E-state index is -1.31. The molecule has 1 aliphatic heterocycles. The summed E-state index contributed by atoms with van der Waals surface area (Å²) < 4.78 is 6.56. The second kappa shape index (κ2) is 5.63. The standard InChI is InChI=1S/C12H14Cl2N2O4/c1-16-8(6-7(13)9(16)14)10(17)15-12(11(18)19)2-4-20-5-3-12/h6H,2-5H2,1H3,(H,15,17)(H,18,19). The van der Waals surface area contributed by atoms with Gasteiger partial charge in [-0.15, -0.1) is 0 Å². The van der Waals surface area contributed by atoms with Crippen molar-refractivity contribution < 1.29 is 19.4 Å². The Kier molecular flexibility index (Phi) is 4.27. The fourth-order valence-electron chi connectivity index (χ4n) is 2.15. The molecule has 0 atom stereocenters. The van der Waals surface area contributed by atoms with Gasteiger partial charge in [-0.1, -0.05) is 23.2 Å². The third kappa shape index (κ3) is 2.63. The number of carboxylic acid groups (broad SMARTS) is 1. The Morgan fingerprint density at radius 3 is 2.45 bits per heavy atom. The van der Waals surface area contributed by atoms with Gasteiger partial charge in [-0.05, 0) is 6.07 Å². The van der Waals surface area contributed by atoms with Gasteiger partial charge in [0.1, 0.15) is 16.4 Å². The number of carbonyl (C=O) groups is 2. The van der Waals surface area contributed by atoms with Gasteiger partial charge in [-0.3, -0.25) is 4.79 Å². The van der Waals surface area contributed by atoms with Crippen LogP contribution in [0.1, 0.15) is 23.3 Å². The second-order valence-corrected chi connectivity index (χ2v) is 5.45. The molecular formula is C12H14Cl2N2O4. The van der Waals surface area contributed by atoms with Crippen LogP contribution in [0.3, 0.4) is 0 Å². The molecule has 6 nitrogen and oxygen atoms in total. The van der Waals surface area contributed by atoms with E-state index in [1.807, 2.05) is 0 Å². The zero-order valence-corrected chi connectivity index (χ0v) is 12.3. The maximum Gasteiger partial charge on any atom is 0.329 e. The van der Waals surface area contributed by atoms with E-state index in [1.54, 1.807) is 7.05 Å². The molecule has 1 saturated heterocycles. The van der Waals surface area contributed by atoms with Crippen LogP contribution in [0, 0.1) is 0 Å². The van der Waals surface area contributed by atoms with Gasteiger partial charge in [0.15, 0.2) is 0 Å². The van der Waals surface area contributed by atoms with Crippen LogP contribution < -0.4 is 5.32 Å². The van der Waals surface area contributed by atoms with Crippen LogP contribution in [0.2, 0.25) is 10.2 Å². The average Bonchev–Trinajstić information content (AvgIpc) is 2.67. The first kappa shape index (κ1) is 15.2. The summed E-state index contributed by atoms with van der Waals surface area (Å²) in [6.45, 7) is 0.586. The molecule has 0 aromatic carbocycles. The average molecular weight is 321 g/mol. The molecule has 0 aliphatic carbocycles. The number of aliphatic carboxylic acids is 1. The number of amides is 1. The number of carbonyl (C=O) groups excluding carboxylic acids is 1. The van der Waals surface area contributed by atoms with Crippen LogP contribution in [0.15, 0.2) is 6.07 Å². The highest BCUT2D eigenvalue weighted by Crippen LogP contribution is 2.27. The predicted octanol–water partition coefficient (Wildman–Crippen LogP) is 1.70. The van der Waals surface area contributed by atoms with Crippen molar-refractivity contribution in [1.82, 2.24) is 9.88 Å². The Bertz CT molecular complexity index is 550. The zero-order chi connectivity index (χ0) is 14.9. The van der Waals surface area contributed by atoms with E-state index in [1.165, 1.54) is 10.6 Å². The first-order chi connectivity index (χ1) is 9.37. The van der Waals surface area contributed by atoms with Crippen LogP contribution in [0.4, 0.5) is 0 Å². The minimum Gasteiger partial charge on any atom is -0.480 e. The molecule has 0 unspecified atom stereocenters. The van der Waals surface area contributed by atoms with Crippen molar-refractivity contribution in [3.05, 3.63) is 21.9 Å². The summed E-state index contributed by atoms with van der Waals surface area (Å²) in [4.78, 5) is 23.7. The molecule has 1 fully saturated rings. The second-order valence-electron chi connectivity index (χ2n) is 4.68. The van der Waals surface area contributed by atoms with Crippen molar-refractivity contribution >= 4 is 35.1 Å². The number of hydrogen-bond donors (Lipinski definition) is 2. The van der Waals surface area contributed by atoms with E-state index in [4.69, 9.17) is 27.9 Å². The number of halogens is 2. The molecule has 0 radical (unpaired) electrons. The molecule has 0 bridgehead atoms. The summed E-state index contributed by atoms with van der Waals surface area (Å²) in [6, 6.07) is 1.41. The van der Waals surface area contributed by atoms with E-state index in [2.05, 4.69) is 5.32 Å². The molecule has 2 N–H and O–H groups in total. The lowest BCUT2D eigenvalue weighted by atomic mass is 9.90. The lowest BCUT2D eigenvalue weighted by molar-refractivity contribution is -0.148. The summed E-state index contributed by atoms with van der Waals surface area (Å²) in [7, 11) is 1.58. The van der Waals surface area contributed by atoms with Gasteiger partial charge >= 0.3 is 5.97 Å². The fourth-order valence-corrected chi connectivity index (χ4v) is 2.53. The van der Waals surface area contributed by atoms with Gasteiger partial charge in [0.2, 0.25) is 0 Å². The third-order valence-corrected chi connectivity index (χ3v) is 4.30. The van der Waals surface area contributed by atoms with Crippen molar-refractivity contribution in [3.8, 4) is 0 Å². The molecule has 2 heterocycles. The lowest BCUT2D eigenvalue weighted by Crippen LogP contribution is -2.57. The largest absolute Gasteiger partial charge is 0.480 e. The molecule has 0 spiro atoms. The molecule has 1 aromatic heterocycles. The molecule has 1 aromatic rings. The monoisotopic (exact) mass is 320 g/mol. The SMILES string of the molecule is Cn1c(C(=O)NC2(C(=O)O)CCOCC2)cc(Cl)c1Cl. The molecular weight excluding hydrogens is 307 g/mol. The smallest absolute Gasteiger partial charge is 0.329 e. The quantitative estimate of drug-likeness (QED) is 0.888. The number of ether oxygens (including phenoxy) is 1. The molecule has 2 rings (SSSR count). The highest BCUT2D eigenvalue weighted by molar-refractivity contribution is 6.41. The zero-order valence-electron chi connectivity index (χ0n) is 10.8. The number of hydrogen-bond acceptors (Lipinski definition) is 3. The maximum absolute atomic E-state index is 12.3. The van der Waals surface area contributed by atoms with Gasteiger partial charge in [-0.2, -0.15) is 0 Å². The minimum absolute atomic E-state index is 0.215. The van der Waals surface area contributed by atoms with Crippen molar-refractivity contribution in [3.63, 3.8) is 0 Å². The Balaban J connectivity index is 2.24. The van der Waals surface area contributed by atoms with E-state index in [-0.39, 0.29) is 28.7 Å². The van der Waals surface area contributed by atoms with Gasteiger partial charge in [0, 0.05) is 33.1 Å². The van der Waals surface area contributed by atoms with Crippen molar-refractivity contribution in [2.75, 3.05) is 13.2 Å². The summed E-state index contributed by atoms with van der Waals surface area (Å²) >= 11 is 11.7. The topological polar surface area (TPSA) is 80.6 Å². The van der Waals surface area contributed by atoms with Gasteiger partial charge in [0.05, 0.1) is 5.02 Å². The Morgan fingerprint density at radius 2 is 2.00 bits per heavy atom. The number of rotatable bonds is 3. The highest BCUT2D eigenvalue weighted by atomic mass is 35.5. The van der Waals surface area contributed by atoms with E-state index in [0.29, 0.717) is 13.2 Å². The first-order valence-corrected chi connectivity index (χ1v) is 6.77. The maximum atomic E-state index is 12.3. The molecule has 1 amide bonds. The van der Waals surface area contributed by atoms with Crippen LogP contribution in [-0.2, 0) is 16.6 Å². The number of nitrogens with one attached hydrogen (secondary N) is 1. The predicted molar refractivity (Wildman–Crippen MR) is 73.3 cm³/mol. The molecule has 8 heteroatoms. The van der Waals surface area contributed by atoms with Crippen molar-refractivity contribution in [1.29, 1.82) is 0 Å². The summed E-state index contributed by atoms with van der Waals surface area (Å²) in [6.07, 6.45) is 0.444. The van der Waals surface area contributed by atoms with E-state index in [0.717, 1.165) is 0 Å². The van der Waals surface area contributed by atoms with Gasteiger partial charge < -0.3 is 19.7 Å². The van der Waals surface area contributed by atoms with Crippen LogP contribution >= 0.6 is 23.2 Å². The van der Waals surface area contributed by atoms with Crippen LogP contribution in [0.25, 0.3) is 0 Å². The van der Waals surface area contributed by atoms with Crippen molar-refractivity contribution in [2.45, 2.75) is 18.4 Å². The summed E-state index contributed by atoms with van der Waals surface area (Å²) in [5.41, 5.74) is -1.09. The first-order valence-electron chi connectivity index (χ1n) is 6.02. The molecule has 0 saturated carbocycles. The summed E-state index contributed by atoms with van der Waals surface area (Å²) in [5.74, 6) is -1.59. The van der Waals surface area contributed by atoms with E-state index in [9.17, 15) is 14.7 Å². The summed E-state index contributed by atoms with van der Waals surface area (Å²) in [5, 5.41) is 12.4. The van der Waals surface area contributed by atoms with Crippen LogP contribution in [0.5, 0.6) is 0 Å². The van der Waals surface area contributed by atoms with E-state index < -0.39 is 17.4 Å². The molecule has 1 aliphatic rings. The normalized spacial score (nSPS) is 17.8. The molecule has 110 valence electrons. The third-order valence-electron chi connectivity index (χ3n) is 3.46. The Hall–Kier alpha value is -1.24. The van der Waals surface area contributed by atoms with Crippen molar-refractivity contribution in [2.24, 2.45) is 7.05 Å².